The molecule has 3 atom stereocenters. The van der Waals surface area contributed by atoms with Crippen molar-refractivity contribution in [3.8, 4) is 0 Å². The number of nitrogens with two attached hydrogens (primary N) is 1. The number of rotatable bonds is 13. The first-order valence-electron chi connectivity index (χ1n) is 9.31. The minimum absolute atomic E-state index is 0.0862. The Balaban J connectivity index is 1.77. The van der Waals surface area contributed by atoms with Gasteiger partial charge in [-0.1, -0.05) is 84.0 Å². The molecule has 1 saturated heterocycles. The molecule has 0 aromatic carbocycles. The molecule has 3 nitrogen and oxygen atoms in total. The Morgan fingerprint density at radius 3 is 1.76 bits per heavy atom. The number of ether oxygens (including phenoxy) is 1. The van der Waals surface area contributed by atoms with Crippen LogP contribution in [0.15, 0.2) is 0 Å². The van der Waals surface area contributed by atoms with Gasteiger partial charge >= 0.3 is 0 Å². The Kier molecular flexibility index (Phi) is 11.2. The van der Waals surface area contributed by atoms with E-state index in [1.807, 2.05) is 0 Å². The van der Waals surface area contributed by atoms with Gasteiger partial charge < -0.3 is 15.6 Å². The Hall–Kier alpha value is -0.120. The fourth-order valence-electron chi connectivity index (χ4n) is 3.15. The van der Waals surface area contributed by atoms with Crippen molar-refractivity contribution < 1.29 is 9.84 Å². The molecule has 0 radical (unpaired) electrons. The lowest BCUT2D eigenvalue weighted by Crippen LogP contribution is -2.38. The lowest BCUT2D eigenvalue weighted by Gasteiger charge is -2.15. The summed E-state index contributed by atoms with van der Waals surface area (Å²) in [4.78, 5) is 0. The second kappa shape index (κ2) is 12.4. The first kappa shape index (κ1) is 18.9. The zero-order valence-electron chi connectivity index (χ0n) is 14.1. The molecule has 1 aliphatic heterocycles. The van der Waals surface area contributed by atoms with Crippen LogP contribution in [0.1, 0.15) is 90.4 Å². The molecule has 21 heavy (non-hydrogen) atoms. The lowest BCUT2D eigenvalue weighted by molar-refractivity contribution is 0.0819. The lowest BCUT2D eigenvalue weighted by atomic mass is 10.0. The molecule has 0 aromatic rings. The summed E-state index contributed by atoms with van der Waals surface area (Å²) in [6, 6.07) is -0.169. The Labute approximate surface area is 131 Å². The van der Waals surface area contributed by atoms with Gasteiger partial charge in [0, 0.05) is 0 Å². The van der Waals surface area contributed by atoms with Gasteiger partial charge in [0.15, 0.2) is 0 Å². The molecule has 0 unspecified atom stereocenters. The van der Waals surface area contributed by atoms with Crippen LogP contribution in [0.2, 0.25) is 0 Å². The van der Waals surface area contributed by atoms with Crippen LogP contribution in [0.5, 0.6) is 0 Å². The summed E-state index contributed by atoms with van der Waals surface area (Å²) >= 11 is 0. The SMILES string of the molecule is CCCCCCCCCCCCCC[C@@H]1OC[C@H](O)[C@@H]1N. The molecule has 126 valence electrons. The van der Waals surface area contributed by atoms with E-state index in [1.54, 1.807) is 0 Å². The first-order chi connectivity index (χ1) is 10.3. The third kappa shape index (κ3) is 8.80. The van der Waals surface area contributed by atoms with Crippen molar-refractivity contribution in [2.24, 2.45) is 5.73 Å². The van der Waals surface area contributed by atoms with Crippen LogP contribution in [0.25, 0.3) is 0 Å². The average molecular weight is 299 g/mol. The summed E-state index contributed by atoms with van der Waals surface area (Å²) in [6.07, 6.45) is 17.1. The maximum Gasteiger partial charge on any atom is 0.0949 e. The van der Waals surface area contributed by atoms with Gasteiger partial charge in [0.2, 0.25) is 0 Å². The van der Waals surface area contributed by atoms with Gasteiger partial charge in [-0.25, -0.2) is 0 Å². The fourth-order valence-corrected chi connectivity index (χ4v) is 3.15. The van der Waals surface area contributed by atoms with E-state index in [4.69, 9.17) is 10.5 Å². The van der Waals surface area contributed by atoms with Gasteiger partial charge in [-0.05, 0) is 6.42 Å². The van der Waals surface area contributed by atoms with Crippen molar-refractivity contribution >= 4 is 0 Å². The van der Waals surface area contributed by atoms with Crippen LogP contribution in [-0.2, 0) is 4.74 Å². The van der Waals surface area contributed by atoms with E-state index in [-0.39, 0.29) is 12.1 Å². The predicted molar refractivity (Wildman–Crippen MR) is 89.4 cm³/mol. The van der Waals surface area contributed by atoms with Crippen LogP contribution in [0.3, 0.4) is 0 Å². The van der Waals surface area contributed by atoms with Gasteiger partial charge in [-0.2, -0.15) is 0 Å². The van der Waals surface area contributed by atoms with Gasteiger partial charge in [-0.3, -0.25) is 0 Å². The highest BCUT2D eigenvalue weighted by atomic mass is 16.5. The maximum absolute atomic E-state index is 9.51. The number of aliphatic hydroxyl groups excluding tert-OH is 1. The molecule has 0 spiro atoms. The quantitative estimate of drug-likeness (QED) is 0.502. The van der Waals surface area contributed by atoms with Crippen molar-refractivity contribution in [1.82, 2.24) is 0 Å². The Morgan fingerprint density at radius 2 is 1.33 bits per heavy atom. The third-order valence-electron chi connectivity index (χ3n) is 4.70. The largest absolute Gasteiger partial charge is 0.389 e. The van der Waals surface area contributed by atoms with Crippen LogP contribution >= 0.6 is 0 Å². The molecule has 0 amide bonds. The van der Waals surface area contributed by atoms with Crippen LogP contribution in [0.4, 0.5) is 0 Å². The van der Waals surface area contributed by atoms with E-state index in [0.29, 0.717) is 6.61 Å². The maximum atomic E-state index is 9.51. The molecule has 1 rings (SSSR count). The summed E-state index contributed by atoms with van der Waals surface area (Å²) in [5, 5.41) is 9.51. The monoisotopic (exact) mass is 299 g/mol. The number of hydrogen-bond donors (Lipinski definition) is 2. The van der Waals surface area contributed by atoms with Crippen LogP contribution in [-0.4, -0.2) is 30.0 Å². The number of aliphatic hydroxyl groups is 1. The zero-order valence-corrected chi connectivity index (χ0v) is 14.1. The summed E-state index contributed by atoms with van der Waals surface area (Å²) in [5.41, 5.74) is 5.89. The summed E-state index contributed by atoms with van der Waals surface area (Å²) in [6.45, 7) is 2.69. The molecule has 1 aliphatic rings. The van der Waals surface area contributed by atoms with Crippen molar-refractivity contribution in [3.05, 3.63) is 0 Å². The van der Waals surface area contributed by atoms with Crippen molar-refractivity contribution in [2.45, 2.75) is 109 Å². The van der Waals surface area contributed by atoms with Crippen LogP contribution < -0.4 is 5.73 Å². The molecular formula is C18H37NO2. The highest BCUT2D eigenvalue weighted by molar-refractivity contribution is 4.86. The minimum Gasteiger partial charge on any atom is -0.389 e. The topological polar surface area (TPSA) is 55.5 Å². The van der Waals surface area contributed by atoms with Crippen LogP contribution in [0, 0.1) is 0 Å². The van der Waals surface area contributed by atoms with Gasteiger partial charge in [-0.15, -0.1) is 0 Å². The van der Waals surface area contributed by atoms with Crippen molar-refractivity contribution in [2.75, 3.05) is 6.61 Å². The Morgan fingerprint density at radius 1 is 0.857 bits per heavy atom. The predicted octanol–water partition coefficient (Wildman–Crippen LogP) is 4.16. The molecule has 0 saturated carbocycles. The fraction of sp³-hybridized carbons (Fsp3) is 1.00. The summed E-state index contributed by atoms with van der Waals surface area (Å²) in [7, 11) is 0. The van der Waals surface area contributed by atoms with Crippen molar-refractivity contribution in [3.63, 3.8) is 0 Å². The van der Waals surface area contributed by atoms with E-state index in [2.05, 4.69) is 6.92 Å². The molecular weight excluding hydrogens is 262 g/mol. The van der Waals surface area contributed by atoms with E-state index in [9.17, 15) is 5.11 Å². The molecule has 3 heteroatoms. The highest BCUT2D eigenvalue weighted by Crippen LogP contribution is 2.19. The second-order valence-corrected chi connectivity index (χ2v) is 6.69. The first-order valence-corrected chi connectivity index (χ1v) is 9.31. The normalized spacial score (nSPS) is 25.6. The molecule has 1 heterocycles. The zero-order chi connectivity index (χ0) is 15.3. The third-order valence-corrected chi connectivity index (χ3v) is 4.70. The van der Waals surface area contributed by atoms with E-state index in [1.165, 1.54) is 77.0 Å². The number of hydrogen-bond acceptors (Lipinski definition) is 3. The molecule has 0 bridgehead atoms. The molecule has 0 aromatic heterocycles. The smallest absolute Gasteiger partial charge is 0.0949 e. The summed E-state index contributed by atoms with van der Waals surface area (Å²) < 4.78 is 5.50. The minimum atomic E-state index is -0.452. The molecule has 1 fully saturated rings. The van der Waals surface area contributed by atoms with Gasteiger partial charge in [0.05, 0.1) is 24.9 Å². The van der Waals surface area contributed by atoms with E-state index in [0.717, 1.165) is 6.42 Å². The second-order valence-electron chi connectivity index (χ2n) is 6.69. The van der Waals surface area contributed by atoms with Gasteiger partial charge in [0.1, 0.15) is 0 Å². The van der Waals surface area contributed by atoms with Crippen molar-refractivity contribution in [1.29, 1.82) is 0 Å². The summed E-state index contributed by atoms with van der Waals surface area (Å²) in [5.74, 6) is 0. The average Bonchev–Trinajstić information content (AvgIpc) is 2.80. The number of unbranched alkanes of at least 4 members (excludes halogenated alkanes) is 11. The standard InChI is InChI=1S/C18H37NO2/c1-2-3-4-5-6-7-8-9-10-11-12-13-14-17-18(19)16(20)15-21-17/h16-18,20H,2-15,19H2,1H3/t16-,17-,18-/m0/s1. The van der Waals surface area contributed by atoms with E-state index < -0.39 is 6.10 Å². The molecule has 3 N–H and O–H groups in total. The highest BCUT2D eigenvalue weighted by Gasteiger charge is 2.32. The van der Waals surface area contributed by atoms with Gasteiger partial charge in [0.25, 0.3) is 0 Å². The van der Waals surface area contributed by atoms with E-state index >= 15 is 0 Å². The molecule has 0 aliphatic carbocycles. The Bertz CT molecular complexity index is 235.